The molecule has 0 saturated carbocycles. The van der Waals surface area contributed by atoms with E-state index in [0.29, 0.717) is 5.46 Å². The van der Waals surface area contributed by atoms with Crippen LogP contribution < -0.4 is 5.46 Å². The van der Waals surface area contributed by atoms with E-state index in [1.807, 2.05) is 19.1 Å². The normalized spacial score (nSPS) is 12.6. The zero-order valence-electron chi connectivity index (χ0n) is 7.77. The number of hydrogen-bond donors (Lipinski definition) is 2. The minimum absolute atomic E-state index is 0.127. The van der Waals surface area contributed by atoms with Gasteiger partial charge in [-0.15, -0.1) is 0 Å². The highest BCUT2D eigenvalue weighted by Gasteiger charge is 2.18. The Labute approximate surface area is 78.1 Å². The van der Waals surface area contributed by atoms with Crippen molar-refractivity contribution in [1.82, 2.24) is 0 Å². The fourth-order valence-electron chi connectivity index (χ4n) is 1.24. The molecular weight excluding hydrogens is 167 g/mol. The first-order chi connectivity index (χ1) is 6.16. The van der Waals surface area contributed by atoms with Crippen LogP contribution in [0.15, 0.2) is 24.3 Å². The lowest BCUT2D eigenvalue weighted by molar-refractivity contribution is 0.120. The second-order valence-corrected chi connectivity index (χ2v) is 2.88. The van der Waals surface area contributed by atoms with Gasteiger partial charge in [-0.05, 0) is 17.9 Å². The van der Waals surface area contributed by atoms with Gasteiger partial charge in [0.05, 0.1) is 6.10 Å². The monoisotopic (exact) mass is 180 g/mol. The number of hydrogen-bond acceptors (Lipinski definition) is 3. The highest BCUT2D eigenvalue weighted by Crippen LogP contribution is 2.12. The summed E-state index contributed by atoms with van der Waals surface area (Å²) in [6.07, 6.45) is -0.127. The molecule has 0 bridgehead atoms. The zero-order chi connectivity index (χ0) is 9.84. The summed E-state index contributed by atoms with van der Waals surface area (Å²) in [6.45, 7) is 1.86. The fourth-order valence-corrected chi connectivity index (χ4v) is 1.24. The average molecular weight is 180 g/mol. The molecule has 0 amide bonds. The molecule has 3 nitrogen and oxygen atoms in total. The molecule has 0 radical (unpaired) electrons. The predicted octanol–water partition coefficient (Wildman–Crippen LogP) is 0.0738. The van der Waals surface area contributed by atoms with Gasteiger partial charge in [-0.3, -0.25) is 0 Å². The van der Waals surface area contributed by atoms with E-state index in [1.165, 1.54) is 0 Å². The largest absolute Gasteiger partial charge is 0.488 e. The molecule has 2 N–H and O–H groups in total. The van der Waals surface area contributed by atoms with Gasteiger partial charge in [0.1, 0.15) is 0 Å². The van der Waals surface area contributed by atoms with E-state index in [0.717, 1.165) is 5.56 Å². The molecule has 1 aromatic carbocycles. The minimum atomic E-state index is -1.44. The molecule has 0 aromatic heterocycles. The van der Waals surface area contributed by atoms with E-state index in [1.54, 1.807) is 19.2 Å². The molecule has 0 aliphatic carbocycles. The summed E-state index contributed by atoms with van der Waals surface area (Å²) in [5, 5.41) is 18.1. The Hall–Kier alpha value is -0.835. The van der Waals surface area contributed by atoms with Crippen LogP contribution in [0.1, 0.15) is 18.6 Å². The summed E-state index contributed by atoms with van der Waals surface area (Å²) in [7, 11) is 0.152. The van der Waals surface area contributed by atoms with Gasteiger partial charge in [-0.1, -0.05) is 24.3 Å². The third-order valence-corrected chi connectivity index (χ3v) is 2.07. The molecule has 13 heavy (non-hydrogen) atoms. The predicted molar refractivity (Wildman–Crippen MR) is 51.7 cm³/mol. The Morgan fingerprint density at radius 2 is 1.92 bits per heavy atom. The van der Waals surface area contributed by atoms with Gasteiger partial charge in [-0.25, -0.2) is 0 Å². The van der Waals surface area contributed by atoms with Crippen molar-refractivity contribution < 1.29 is 14.8 Å². The minimum Gasteiger partial charge on any atom is -0.423 e. The van der Waals surface area contributed by atoms with Crippen molar-refractivity contribution in [3.8, 4) is 0 Å². The van der Waals surface area contributed by atoms with Gasteiger partial charge < -0.3 is 14.8 Å². The molecular formula is C9H13BO3. The molecule has 4 heteroatoms. The van der Waals surface area contributed by atoms with Crippen molar-refractivity contribution in [1.29, 1.82) is 0 Å². The van der Waals surface area contributed by atoms with E-state index in [9.17, 15) is 0 Å². The first kappa shape index (κ1) is 10.2. The Balaban J connectivity index is 3.04. The van der Waals surface area contributed by atoms with Gasteiger partial charge in [-0.2, -0.15) is 0 Å². The van der Waals surface area contributed by atoms with Crippen LogP contribution in [0.25, 0.3) is 0 Å². The Kier molecular flexibility index (Phi) is 3.48. The summed E-state index contributed by atoms with van der Waals surface area (Å²) in [5.41, 5.74) is 1.30. The highest BCUT2D eigenvalue weighted by molar-refractivity contribution is 6.59. The van der Waals surface area contributed by atoms with Gasteiger partial charge in [0.2, 0.25) is 0 Å². The van der Waals surface area contributed by atoms with E-state index in [2.05, 4.69) is 0 Å². The molecule has 70 valence electrons. The molecule has 1 aromatic rings. The third kappa shape index (κ3) is 2.31. The van der Waals surface area contributed by atoms with Gasteiger partial charge in [0.15, 0.2) is 0 Å². The summed E-state index contributed by atoms with van der Waals surface area (Å²) in [4.78, 5) is 0. The summed E-state index contributed by atoms with van der Waals surface area (Å²) < 4.78 is 5.10. The van der Waals surface area contributed by atoms with Gasteiger partial charge in [0.25, 0.3) is 0 Å². The maximum absolute atomic E-state index is 9.05. The molecule has 1 atom stereocenters. The van der Waals surface area contributed by atoms with Crippen LogP contribution in [0.3, 0.4) is 0 Å². The summed E-state index contributed by atoms with van der Waals surface area (Å²) in [6, 6.07) is 7.11. The van der Waals surface area contributed by atoms with Crippen LogP contribution in [0.5, 0.6) is 0 Å². The van der Waals surface area contributed by atoms with E-state index in [4.69, 9.17) is 14.8 Å². The molecule has 0 saturated heterocycles. The summed E-state index contributed by atoms with van der Waals surface area (Å²) >= 11 is 0. The third-order valence-electron chi connectivity index (χ3n) is 2.07. The Morgan fingerprint density at radius 1 is 1.31 bits per heavy atom. The van der Waals surface area contributed by atoms with Crippen molar-refractivity contribution in [3.05, 3.63) is 29.8 Å². The van der Waals surface area contributed by atoms with Crippen LogP contribution in [0.4, 0.5) is 0 Å². The second kappa shape index (κ2) is 4.41. The van der Waals surface area contributed by atoms with E-state index >= 15 is 0 Å². The van der Waals surface area contributed by atoms with Crippen molar-refractivity contribution in [2.45, 2.75) is 13.0 Å². The van der Waals surface area contributed by atoms with Crippen LogP contribution >= 0.6 is 0 Å². The number of methoxy groups -OCH3 is 1. The first-order valence-corrected chi connectivity index (χ1v) is 4.14. The smallest absolute Gasteiger partial charge is 0.423 e. The lowest BCUT2D eigenvalue weighted by Gasteiger charge is -2.14. The van der Waals surface area contributed by atoms with Crippen molar-refractivity contribution >= 4 is 12.6 Å². The molecule has 1 rings (SSSR count). The highest BCUT2D eigenvalue weighted by atomic mass is 16.5. The summed E-state index contributed by atoms with van der Waals surface area (Å²) in [5.74, 6) is 0. The van der Waals surface area contributed by atoms with Gasteiger partial charge >= 0.3 is 7.12 Å². The fraction of sp³-hybridized carbons (Fsp3) is 0.333. The van der Waals surface area contributed by atoms with Crippen LogP contribution in [0, 0.1) is 0 Å². The molecule has 0 spiro atoms. The molecule has 0 heterocycles. The lowest BCUT2D eigenvalue weighted by atomic mass is 9.76. The quantitative estimate of drug-likeness (QED) is 0.647. The maximum atomic E-state index is 9.05. The average Bonchev–Trinajstić information content (AvgIpc) is 2.16. The van der Waals surface area contributed by atoms with Gasteiger partial charge in [0, 0.05) is 7.11 Å². The maximum Gasteiger partial charge on any atom is 0.488 e. The van der Waals surface area contributed by atoms with Crippen molar-refractivity contribution in [2.75, 3.05) is 7.11 Å². The zero-order valence-corrected chi connectivity index (χ0v) is 7.77. The molecule has 0 aliphatic rings. The molecule has 0 fully saturated rings. The topological polar surface area (TPSA) is 49.7 Å². The number of rotatable bonds is 3. The van der Waals surface area contributed by atoms with Crippen LogP contribution in [-0.4, -0.2) is 24.3 Å². The van der Waals surface area contributed by atoms with Crippen molar-refractivity contribution in [2.24, 2.45) is 0 Å². The Morgan fingerprint density at radius 3 is 2.46 bits per heavy atom. The number of ether oxygens (including phenoxy) is 1. The molecule has 0 unspecified atom stereocenters. The van der Waals surface area contributed by atoms with E-state index in [-0.39, 0.29) is 6.10 Å². The van der Waals surface area contributed by atoms with Crippen LogP contribution in [0.2, 0.25) is 0 Å². The lowest BCUT2D eigenvalue weighted by Crippen LogP contribution is -2.33. The van der Waals surface area contributed by atoms with Crippen LogP contribution in [-0.2, 0) is 4.74 Å². The number of benzene rings is 1. The van der Waals surface area contributed by atoms with Crippen molar-refractivity contribution in [3.63, 3.8) is 0 Å². The first-order valence-electron chi connectivity index (χ1n) is 4.14. The standard InChI is InChI=1S/C9H13BO3/c1-7(13-2)8-5-3-4-6-9(8)10(11)12/h3-7,11-12H,1-2H3/t7-/m0/s1. The second-order valence-electron chi connectivity index (χ2n) is 2.88. The van der Waals surface area contributed by atoms with E-state index < -0.39 is 7.12 Å². The SMILES string of the molecule is CO[C@@H](C)c1ccccc1B(O)O. The Bertz CT molecular complexity index is 275. The molecule has 0 aliphatic heterocycles.